The number of carbonyl (C=O) groups excluding carboxylic acids is 1. The number of nitrogens with one attached hydrogen (secondary N) is 1. The Morgan fingerprint density at radius 3 is 2.39 bits per heavy atom. The summed E-state index contributed by atoms with van der Waals surface area (Å²) < 4.78 is 2.03. The molecule has 0 saturated heterocycles. The van der Waals surface area contributed by atoms with Gasteiger partial charge < -0.3 is 14.8 Å². The molecule has 190 valence electrons. The van der Waals surface area contributed by atoms with Crippen molar-refractivity contribution in [3.63, 3.8) is 0 Å². The second kappa shape index (κ2) is 11.7. The SMILES string of the molecule is CC1CCC(CNCC(=O)c2cn(C)c3ccccc23)CC1.Cc1nc(N(C)C)c2ccccc2n1. The van der Waals surface area contributed by atoms with Gasteiger partial charge in [-0.25, -0.2) is 9.97 Å². The van der Waals surface area contributed by atoms with E-state index in [2.05, 4.69) is 28.3 Å². The third-order valence-corrected chi connectivity index (χ3v) is 7.17. The fourth-order valence-electron chi connectivity index (χ4n) is 5.10. The quantitative estimate of drug-likeness (QED) is 0.351. The molecule has 2 heterocycles. The summed E-state index contributed by atoms with van der Waals surface area (Å²) in [7, 11) is 5.98. The zero-order chi connectivity index (χ0) is 25.7. The number of rotatable bonds is 6. The van der Waals surface area contributed by atoms with Crippen molar-refractivity contribution in [2.45, 2.75) is 39.5 Å². The normalized spacial score (nSPS) is 17.6. The van der Waals surface area contributed by atoms with E-state index in [0.29, 0.717) is 6.54 Å². The molecule has 0 amide bonds. The van der Waals surface area contributed by atoms with Gasteiger partial charge in [0, 0.05) is 49.2 Å². The number of hydrogen-bond donors (Lipinski definition) is 1. The van der Waals surface area contributed by atoms with Gasteiger partial charge in [0.1, 0.15) is 11.6 Å². The van der Waals surface area contributed by atoms with Crippen molar-refractivity contribution in [2.24, 2.45) is 18.9 Å². The number of aromatic nitrogens is 3. The number of fused-ring (bicyclic) bond motifs is 2. The molecule has 4 aromatic rings. The lowest BCUT2D eigenvalue weighted by molar-refractivity contribution is 0.0990. The number of carbonyl (C=O) groups is 1. The maximum Gasteiger partial charge on any atom is 0.178 e. The van der Waals surface area contributed by atoms with E-state index in [9.17, 15) is 4.79 Å². The van der Waals surface area contributed by atoms with Crippen LogP contribution in [-0.2, 0) is 7.05 Å². The Kier molecular flexibility index (Phi) is 8.36. The van der Waals surface area contributed by atoms with E-state index in [1.807, 2.05) is 86.2 Å². The summed E-state index contributed by atoms with van der Waals surface area (Å²) in [6, 6.07) is 16.2. The Bertz CT molecular complexity index is 1320. The van der Waals surface area contributed by atoms with E-state index < -0.39 is 0 Å². The lowest BCUT2D eigenvalue weighted by atomic mass is 9.83. The topological polar surface area (TPSA) is 63.1 Å². The van der Waals surface area contributed by atoms with E-state index in [1.165, 1.54) is 25.7 Å². The first-order chi connectivity index (χ1) is 17.3. The van der Waals surface area contributed by atoms with Gasteiger partial charge in [0.15, 0.2) is 5.78 Å². The van der Waals surface area contributed by atoms with Crippen LogP contribution in [0.2, 0.25) is 0 Å². The Balaban J connectivity index is 0.000000187. The highest BCUT2D eigenvalue weighted by molar-refractivity contribution is 6.09. The molecule has 0 bridgehead atoms. The van der Waals surface area contributed by atoms with Crippen LogP contribution in [0.3, 0.4) is 0 Å². The minimum Gasteiger partial charge on any atom is -0.362 e. The first kappa shape index (κ1) is 25.8. The second-order valence-corrected chi connectivity index (χ2v) is 10.4. The monoisotopic (exact) mass is 485 g/mol. The van der Waals surface area contributed by atoms with Crippen molar-refractivity contribution in [3.8, 4) is 0 Å². The molecule has 2 aromatic carbocycles. The van der Waals surface area contributed by atoms with Crippen molar-refractivity contribution in [2.75, 3.05) is 32.1 Å². The van der Waals surface area contributed by atoms with Crippen LogP contribution >= 0.6 is 0 Å². The summed E-state index contributed by atoms with van der Waals surface area (Å²) in [6.45, 7) is 5.68. The predicted octanol–water partition coefficient (Wildman–Crippen LogP) is 5.78. The number of ketones is 1. The van der Waals surface area contributed by atoms with Gasteiger partial charge in [-0.1, -0.05) is 50.1 Å². The summed E-state index contributed by atoms with van der Waals surface area (Å²) in [6.07, 6.45) is 7.23. The molecule has 1 aliphatic rings. The van der Waals surface area contributed by atoms with Crippen molar-refractivity contribution in [3.05, 3.63) is 66.1 Å². The molecule has 6 nitrogen and oxygen atoms in total. The third-order valence-electron chi connectivity index (χ3n) is 7.17. The van der Waals surface area contributed by atoms with Gasteiger partial charge in [0.05, 0.1) is 12.1 Å². The van der Waals surface area contributed by atoms with Gasteiger partial charge in [-0.3, -0.25) is 4.79 Å². The summed E-state index contributed by atoms with van der Waals surface area (Å²) in [5.41, 5.74) is 2.96. The maximum absolute atomic E-state index is 12.5. The van der Waals surface area contributed by atoms with Crippen LogP contribution in [0, 0.1) is 18.8 Å². The van der Waals surface area contributed by atoms with E-state index >= 15 is 0 Å². The zero-order valence-electron chi connectivity index (χ0n) is 22.3. The molecule has 0 aliphatic heterocycles. The number of anilines is 1. The zero-order valence-corrected chi connectivity index (χ0v) is 22.3. The van der Waals surface area contributed by atoms with Gasteiger partial charge in [0.2, 0.25) is 0 Å². The maximum atomic E-state index is 12.5. The summed E-state index contributed by atoms with van der Waals surface area (Å²) in [5.74, 6) is 3.62. The lowest BCUT2D eigenvalue weighted by Crippen LogP contribution is -2.30. The molecular weight excluding hydrogens is 446 g/mol. The van der Waals surface area contributed by atoms with Crippen LogP contribution in [0.5, 0.6) is 0 Å². The largest absolute Gasteiger partial charge is 0.362 e. The van der Waals surface area contributed by atoms with E-state index in [-0.39, 0.29) is 5.78 Å². The Hall–Kier alpha value is -3.25. The van der Waals surface area contributed by atoms with Crippen molar-refractivity contribution in [1.29, 1.82) is 0 Å². The number of hydrogen-bond acceptors (Lipinski definition) is 5. The molecule has 6 heteroatoms. The first-order valence-electron chi connectivity index (χ1n) is 13.0. The summed E-state index contributed by atoms with van der Waals surface area (Å²) in [5, 5.41) is 5.54. The van der Waals surface area contributed by atoms with Gasteiger partial charge >= 0.3 is 0 Å². The Morgan fingerprint density at radius 2 is 1.67 bits per heavy atom. The molecule has 1 fully saturated rings. The highest BCUT2D eigenvalue weighted by Crippen LogP contribution is 2.28. The smallest absolute Gasteiger partial charge is 0.178 e. The van der Waals surface area contributed by atoms with Crippen LogP contribution in [0.25, 0.3) is 21.8 Å². The Labute approximate surface area is 214 Å². The number of para-hydroxylation sites is 2. The predicted molar refractivity (Wildman–Crippen MR) is 150 cm³/mol. The summed E-state index contributed by atoms with van der Waals surface area (Å²) >= 11 is 0. The van der Waals surface area contributed by atoms with Crippen LogP contribution in [0.4, 0.5) is 5.82 Å². The number of benzene rings is 2. The average Bonchev–Trinajstić information content (AvgIpc) is 3.21. The fourth-order valence-corrected chi connectivity index (χ4v) is 5.10. The minimum absolute atomic E-state index is 0.195. The molecule has 0 spiro atoms. The molecule has 2 aromatic heterocycles. The number of nitrogens with zero attached hydrogens (tertiary/aromatic N) is 4. The first-order valence-corrected chi connectivity index (χ1v) is 13.0. The molecule has 0 unspecified atom stereocenters. The number of aryl methyl sites for hydroxylation is 2. The van der Waals surface area contributed by atoms with Crippen molar-refractivity contribution < 1.29 is 4.79 Å². The molecule has 0 radical (unpaired) electrons. The molecular formula is C30H39N5O. The van der Waals surface area contributed by atoms with Crippen LogP contribution in [0.1, 0.15) is 48.8 Å². The van der Waals surface area contributed by atoms with Gasteiger partial charge in [-0.05, 0) is 56.3 Å². The molecule has 1 aliphatic carbocycles. The lowest BCUT2D eigenvalue weighted by Gasteiger charge is -2.26. The summed E-state index contributed by atoms with van der Waals surface area (Å²) in [4.78, 5) is 23.3. The second-order valence-electron chi connectivity index (χ2n) is 10.4. The third kappa shape index (κ3) is 6.11. The standard InChI is InChI=1S/C19H26N2O.C11H13N3/c1-14-7-9-15(10-8-14)11-20-12-19(22)17-13-21(2)18-6-4-3-5-16(17)18;1-8-12-10-7-5-4-6-9(10)11(13-8)14(2)3/h3-6,13-15,20H,7-12H2,1-2H3;4-7H,1-3H3. The van der Waals surface area contributed by atoms with Gasteiger partial charge in [0.25, 0.3) is 0 Å². The number of Topliss-reactive ketones (excluding diaryl/α,β-unsaturated/α-hetero) is 1. The van der Waals surface area contributed by atoms with Crippen LogP contribution in [-0.4, -0.2) is 47.5 Å². The molecule has 5 rings (SSSR count). The molecule has 1 saturated carbocycles. The van der Waals surface area contributed by atoms with E-state index in [1.54, 1.807) is 0 Å². The highest BCUT2D eigenvalue weighted by atomic mass is 16.1. The van der Waals surface area contributed by atoms with E-state index in [0.717, 1.165) is 57.4 Å². The van der Waals surface area contributed by atoms with Crippen molar-refractivity contribution >= 4 is 33.4 Å². The highest BCUT2D eigenvalue weighted by Gasteiger charge is 2.19. The molecule has 36 heavy (non-hydrogen) atoms. The van der Waals surface area contributed by atoms with Crippen LogP contribution < -0.4 is 10.2 Å². The van der Waals surface area contributed by atoms with Crippen LogP contribution in [0.15, 0.2) is 54.7 Å². The van der Waals surface area contributed by atoms with Gasteiger partial charge in [-0.2, -0.15) is 0 Å². The average molecular weight is 486 g/mol. The Morgan fingerprint density at radius 1 is 1.00 bits per heavy atom. The van der Waals surface area contributed by atoms with Gasteiger partial charge in [-0.15, -0.1) is 0 Å². The minimum atomic E-state index is 0.195. The van der Waals surface area contributed by atoms with E-state index in [4.69, 9.17) is 0 Å². The molecule has 0 atom stereocenters. The van der Waals surface area contributed by atoms with Crippen molar-refractivity contribution in [1.82, 2.24) is 19.9 Å². The fraction of sp³-hybridized carbons (Fsp3) is 0.433. The molecule has 1 N–H and O–H groups in total.